The molecule has 0 heterocycles. The van der Waals surface area contributed by atoms with Gasteiger partial charge >= 0.3 is 12.0 Å². The van der Waals surface area contributed by atoms with E-state index in [9.17, 15) is 9.59 Å². The van der Waals surface area contributed by atoms with E-state index in [0.717, 1.165) is 25.0 Å². The molecule has 2 atom stereocenters. The minimum Gasteiger partial charge on any atom is -0.481 e. The average molecular weight is 274 g/mol. The van der Waals surface area contributed by atoms with Gasteiger partial charge in [0.15, 0.2) is 0 Å². The summed E-state index contributed by atoms with van der Waals surface area (Å²) >= 11 is 1.96. The third kappa shape index (κ3) is 4.76. The second-order valence-electron chi connectivity index (χ2n) is 4.53. The molecule has 0 aromatic rings. The van der Waals surface area contributed by atoms with Gasteiger partial charge in [0.2, 0.25) is 0 Å². The highest BCUT2D eigenvalue weighted by Gasteiger charge is 2.29. The van der Waals surface area contributed by atoms with Crippen molar-refractivity contribution in [2.75, 3.05) is 19.3 Å². The Bertz CT molecular complexity index is 299. The van der Waals surface area contributed by atoms with Crippen LogP contribution in [0.5, 0.6) is 0 Å². The van der Waals surface area contributed by atoms with Crippen LogP contribution in [-0.4, -0.2) is 52.6 Å². The van der Waals surface area contributed by atoms with Gasteiger partial charge in [0.05, 0.1) is 6.42 Å². The van der Waals surface area contributed by atoms with Crippen molar-refractivity contribution >= 4 is 23.8 Å². The lowest BCUT2D eigenvalue weighted by Gasteiger charge is -2.24. The molecule has 2 unspecified atom stereocenters. The maximum Gasteiger partial charge on any atom is 0.317 e. The van der Waals surface area contributed by atoms with Crippen LogP contribution >= 0.6 is 11.8 Å². The van der Waals surface area contributed by atoms with Crippen LogP contribution in [0, 0.1) is 0 Å². The second-order valence-corrected chi connectivity index (χ2v) is 6.11. The summed E-state index contributed by atoms with van der Waals surface area (Å²) < 4.78 is 0. The van der Waals surface area contributed by atoms with Gasteiger partial charge in [0.25, 0.3) is 0 Å². The number of hydrogen-bond acceptors (Lipinski definition) is 3. The summed E-state index contributed by atoms with van der Waals surface area (Å²) in [4.78, 5) is 23.9. The van der Waals surface area contributed by atoms with Crippen molar-refractivity contribution < 1.29 is 14.7 Å². The van der Waals surface area contributed by atoms with E-state index in [-0.39, 0.29) is 19.0 Å². The maximum atomic E-state index is 11.8. The molecule has 0 saturated heterocycles. The predicted octanol–water partition coefficient (Wildman–Crippen LogP) is 1.78. The summed E-state index contributed by atoms with van der Waals surface area (Å²) in [6.45, 7) is 2.35. The number of rotatable bonds is 6. The van der Waals surface area contributed by atoms with Gasteiger partial charge in [-0.15, -0.1) is 0 Å². The highest BCUT2D eigenvalue weighted by atomic mass is 32.2. The van der Waals surface area contributed by atoms with Crippen molar-refractivity contribution in [2.45, 2.75) is 43.9 Å². The summed E-state index contributed by atoms with van der Waals surface area (Å²) in [6.07, 6.45) is 3.22. The van der Waals surface area contributed by atoms with Crippen molar-refractivity contribution in [3.63, 3.8) is 0 Å². The molecule has 18 heavy (non-hydrogen) atoms. The number of thioether (sulfide) groups is 1. The Labute approximate surface area is 112 Å². The minimum absolute atomic E-state index is 0.0292. The van der Waals surface area contributed by atoms with Crippen LogP contribution in [0.2, 0.25) is 0 Å². The lowest BCUT2D eigenvalue weighted by atomic mass is 10.2. The molecular weight excluding hydrogens is 252 g/mol. The minimum atomic E-state index is -0.891. The van der Waals surface area contributed by atoms with Crippen molar-refractivity contribution in [1.29, 1.82) is 0 Å². The molecule has 0 spiro atoms. The smallest absolute Gasteiger partial charge is 0.317 e. The lowest BCUT2D eigenvalue weighted by molar-refractivity contribution is -0.136. The number of nitrogens with zero attached hydrogens (tertiary/aromatic N) is 1. The topological polar surface area (TPSA) is 69.6 Å². The largest absolute Gasteiger partial charge is 0.481 e. The van der Waals surface area contributed by atoms with E-state index in [1.165, 1.54) is 0 Å². The van der Waals surface area contributed by atoms with Gasteiger partial charge in [-0.25, -0.2) is 4.79 Å². The van der Waals surface area contributed by atoms with Gasteiger partial charge in [-0.1, -0.05) is 6.92 Å². The van der Waals surface area contributed by atoms with Crippen LogP contribution in [0.4, 0.5) is 4.79 Å². The van der Waals surface area contributed by atoms with E-state index in [1.54, 1.807) is 11.9 Å². The zero-order chi connectivity index (χ0) is 13.5. The SMILES string of the molecule is CCSC1CCC(N(C)C(=O)NCCC(=O)O)C1. The highest BCUT2D eigenvalue weighted by Crippen LogP contribution is 2.32. The molecule has 5 nitrogen and oxygen atoms in total. The van der Waals surface area contributed by atoms with Gasteiger partial charge < -0.3 is 15.3 Å². The molecule has 1 fully saturated rings. The Hall–Kier alpha value is -0.910. The first-order valence-corrected chi connectivity index (χ1v) is 7.43. The maximum absolute atomic E-state index is 11.8. The number of aliphatic carboxylic acids is 1. The Morgan fingerprint density at radius 1 is 1.44 bits per heavy atom. The Morgan fingerprint density at radius 2 is 2.17 bits per heavy atom. The quantitative estimate of drug-likeness (QED) is 0.774. The monoisotopic (exact) mass is 274 g/mol. The summed E-state index contributed by atoms with van der Waals surface area (Å²) in [7, 11) is 1.79. The van der Waals surface area contributed by atoms with E-state index in [4.69, 9.17) is 5.11 Å². The first-order chi connectivity index (χ1) is 8.54. The number of nitrogens with one attached hydrogen (secondary N) is 1. The number of carboxylic acid groups (broad SMARTS) is 1. The van der Waals surface area contributed by atoms with Gasteiger partial charge in [-0.05, 0) is 25.0 Å². The first kappa shape index (κ1) is 15.1. The molecule has 0 bridgehead atoms. The van der Waals surface area contributed by atoms with Gasteiger partial charge in [0.1, 0.15) is 0 Å². The second kappa shape index (κ2) is 7.51. The molecular formula is C12H22N2O3S. The summed E-state index contributed by atoms with van der Waals surface area (Å²) in [6, 6.07) is 0.127. The fraction of sp³-hybridized carbons (Fsp3) is 0.833. The molecule has 1 aliphatic carbocycles. The summed E-state index contributed by atoms with van der Waals surface area (Å²) in [5.74, 6) is 0.226. The van der Waals surface area contributed by atoms with E-state index in [2.05, 4.69) is 12.2 Å². The molecule has 0 radical (unpaired) electrons. The Kier molecular flexibility index (Phi) is 6.32. The average Bonchev–Trinajstić information content (AvgIpc) is 2.76. The summed E-state index contributed by atoms with van der Waals surface area (Å²) in [5.41, 5.74) is 0. The molecule has 2 amide bonds. The standard InChI is InChI=1S/C12H22N2O3S/c1-3-18-10-5-4-9(8-10)14(2)12(17)13-7-6-11(15)16/h9-10H,3-8H2,1-2H3,(H,13,17)(H,15,16). The highest BCUT2D eigenvalue weighted by molar-refractivity contribution is 7.99. The fourth-order valence-corrected chi connectivity index (χ4v) is 3.36. The van der Waals surface area contributed by atoms with Crippen LogP contribution in [0.25, 0.3) is 0 Å². The number of hydrogen-bond donors (Lipinski definition) is 2. The molecule has 0 aliphatic heterocycles. The van der Waals surface area contributed by atoms with Gasteiger partial charge in [-0.2, -0.15) is 11.8 Å². The number of amides is 2. The zero-order valence-corrected chi connectivity index (χ0v) is 11.8. The fourth-order valence-electron chi connectivity index (χ4n) is 2.22. The van der Waals surface area contributed by atoms with Crippen LogP contribution in [0.15, 0.2) is 0 Å². The molecule has 0 aromatic carbocycles. The van der Waals surface area contributed by atoms with E-state index < -0.39 is 5.97 Å². The summed E-state index contributed by atoms with van der Waals surface area (Å²) in [5, 5.41) is 11.8. The number of urea groups is 1. The van der Waals surface area contributed by atoms with Crippen molar-refractivity contribution in [3.05, 3.63) is 0 Å². The molecule has 2 N–H and O–H groups in total. The molecule has 0 aromatic heterocycles. The van der Waals surface area contributed by atoms with Crippen LogP contribution < -0.4 is 5.32 Å². The van der Waals surface area contributed by atoms with Crippen molar-refractivity contribution in [3.8, 4) is 0 Å². The van der Waals surface area contributed by atoms with Crippen molar-refractivity contribution in [1.82, 2.24) is 10.2 Å². The van der Waals surface area contributed by atoms with E-state index in [0.29, 0.717) is 11.3 Å². The predicted molar refractivity (Wildman–Crippen MR) is 73.0 cm³/mol. The molecule has 1 saturated carbocycles. The normalized spacial score (nSPS) is 22.8. The number of carboxylic acids is 1. The molecule has 104 valence electrons. The Morgan fingerprint density at radius 3 is 2.78 bits per heavy atom. The Balaban J connectivity index is 2.29. The van der Waals surface area contributed by atoms with Crippen LogP contribution in [0.1, 0.15) is 32.6 Å². The molecule has 1 rings (SSSR count). The lowest BCUT2D eigenvalue weighted by Crippen LogP contribution is -2.43. The molecule has 6 heteroatoms. The van der Waals surface area contributed by atoms with Crippen LogP contribution in [-0.2, 0) is 4.79 Å². The van der Waals surface area contributed by atoms with Crippen molar-refractivity contribution in [2.24, 2.45) is 0 Å². The van der Waals surface area contributed by atoms with Gasteiger partial charge in [-0.3, -0.25) is 4.79 Å². The number of carbonyl (C=O) groups is 2. The molecule has 1 aliphatic rings. The van der Waals surface area contributed by atoms with E-state index >= 15 is 0 Å². The van der Waals surface area contributed by atoms with E-state index in [1.807, 2.05) is 11.8 Å². The first-order valence-electron chi connectivity index (χ1n) is 6.38. The third-order valence-electron chi connectivity index (χ3n) is 3.24. The number of carbonyl (C=O) groups excluding carboxylic acids is 1. The third-order valence-corrected chi connectivity index (χ3v) is 4.48. The zero-order valence-electron chi connectivity index (χ0n) is 11.0. The van der Waals surface area contributed by atoms with Gasteiger partial charge in [0, 0.05) is 24.9 Å². The van der Waals surface area contributed by atoms with Crippen LogP contribution in [0.3, 0.4) is 0 Å².